The molecule has 48 valence electrons. The van der Waals surface area contributed by atoms with Crippen molar-refractivity contribution in [2.75, 3.05) is 0 Å². The van der Waals surface area contributed by atoms with Crippen LogP contribution in [-0.4, -0.2) is 20.0 Å². The van der Waals surface area contributed by atoms with Gasteiger partial charge in [-0.2, -0.15) is 0 Å². The molecule has 6 nitrogen and oxygen atoms in total. The van der Waals surface area contributed by atoms with Gasteiger partial charge >= 0.3 is 6.16 Å². The van der Waals surface area contributed by atoms with Crippen LogP contribution in [0.25, 0.3) is 0 Å². The van der Waals surface area contributed by atoms with E-state index in [2.05, 4.69) is 4.84 Å². The van der Waals surface area contributed by atoms with Gasteiger partial charge in [-0.25, -0.2) is 9.00 Å². The fourth-order valence-electron chi connectivity index (χ4n) is 0.0713. The molecule has 0 fully saturated rings. The summed E-state index contributed by atoms with van der Waals surface area (Å²) in [5.41, 5.74) is 0. The van der Waals surface area contributed by atoms with E-state index in [1.165, 1.54) is 4.89 Å². The molecule has 0 aliphatic rings. The lowest BCUT2D eigenvalue weighted by molar-refractivity contribution is 0.0719. The van der Waals surface area contributed by atoms with Crippen molar-refractivity contribution >= 4 is 17.4 Å². The Kier molecular flexibility index (Phi) is 3.08. The molecule has 0 saturated carbocycles. The number of rotatable bonds is 2. The number of carbonyl (C=O) groups is 1. The zero-order chi connectivity index (χ0) is 6.57. The van der Waals surface area contributed by atoms with E-state index in [-0.39, 0.29) is 0 Å². The van der Waals surface area contributed by atoms with E-state index in [4.69, 9.17) is 9.66 Å². The second kappa shape index (κ2) is 3.36. The summed E-state index contributed by atoms with van der Waals surface area (Å²) in [7, 11) is 0. The Labute approximate surface area is 46.8 Å². The summed E-state index contributed by atoms with van der Waals surface area (Å²) >= 11 is -2.44. The maximum absolute atomic E-state index is 9.52. The summed E-state index contributed by atoms with van der Waals surface area (Å²) in [5, 5.41) is 7.63. The lowest BCUT2D eigenvalue weighted by atomic mass is 11.4. The van der Waals surface area contributed by atoms with Crippen molar-refractivity contribution in [3.63, 3.8) is 0 Å². The van der Waals surface area contributed by atoms with Crippen LogP contribution in [0.4, 0.5) is 4.79 Å². The first kappa shape index (κ1) is 7.34. The molecule has 0 bridgehead atoms. The predicted molar refractivity (Wildman–Crippen MR) is 23.0 cm³/mol. The van der Waals surface area contributed by atoms with Gasteiger partial charge in [0.05, 0.1) is 0 Å². The largest absolute Gasteiger partial charge is 0.526 e. The summed E-state index contributed by atoms with van der Waals surface area (Å²) in [6, 6.07) is 0. The number of carboxylic acid groups (broad SMARTS) is 1. The quantitative estimate of drug-likeness (QED) is 0.350. The van der Waals surface area contributed by atoms with Crippen LogP contribution in [0.5, 0.6) is 0 Å². The molecule has 7 heteroatoms. The third-order valence-corrected chi connectivity index (χ3v) is 0.426. The first-order valence-corrected chi connectivity index (χ1v) is 2.50. The summed E-state index contributed by atoms with van der Waals surface area (Å²) in [6.45, 7) is 0. The van der Waals surface area contributed by atoms with Crippen molar-refractivity contribution in [3.05, 3.63) is 0 Å². The molecule has 0 aliphatic carbocycles. The second-order valence-electron chi connectivity index (χ2n) is 0.700. The van der Waals surface area contributed by atoms with Crippen molar-refractivity contribution in [1.29, 1.82) is 0 Å². The molecular formula is CH3NO5S. The molecule has 0 radical (unpaired) electrons. The first-order chi connectivity index (χ1) is 3.63. The van der Waals surface area contributed by atoms with Crippen molar-refractivity contribution in [3.8, 4) is 0 Å². The summed E-state index contributed by atoms with van der Waals surface area (Å²) < 4.78 is 17.3. The van der Waals surface area contributed by atoms with Gasteiger partial charge in [-0.3, -0.25) is 4.55 Å². The highest BCUT2D eigenvalue weighted by Crippen LogP contribution is 1.68. The predicted octanol–water partition coefficient (Wildman–Crippen LogP) is -0.678. The summed E-state index contributed by atoms with van der Waals surface area (Å²) in [4.78, 5) is 14.1. The van der Waals surface area contributed by atoms with Crippen molar-refractivity contribution in [2.24, 2.45) is 0 Å². The van der Waals surface area contributed by atoms with Crippen LogP contribution in [0, 0.1) is 0 Å². The van der Waals surface area contributed by atoms with E-state index in [1.807, 2.05) is 0 Å². The highest BCUT2D eigenvalue weighted by atomic mass is 32.2. The van der Waals surface area contributed by atoms with Gasteiger partial charge < -0.3 is 9.94 Å². The van der Waals surface area contributed by atoms with Gasteiger partial charge in [0.15, 0.2) is 0 Å². The maximum atomic E-state index is 9.52. The molecule has 3 N–H and O–H groups in total. The number of nitrogens with one attached hydrogen (secondary N) is 1. The minimum atomic E-state index is -2.44. The van der Waals surface area contributed by atoms with Crippen LogP contribution in [0.3, 0.4) is 0 Å². The highest BCUT2D eigenvalue weighted by Gasteiger charge is 1.96. The fourth-order valence-corrected chi connectivity index (χ4v) is 0.214. The molecule has 0 saturated heterocycles. The molecule has 1 unspecified atom stereocenters. The van der Waals surface area contributed by atoms with Crippen LogP contribution < -0.4 is 4.89 Å². The zero-order valence-electron chi connectivity index (χ0n) is 3.53. The van der Waals surface area contributed by atoms with Crippen LogP contribution >= 0.6 is 0 Å². The number of hydrogen-bond acceptors (Lipinski definition) is 3. The Morgan fingerprint density at radius 1 is 1.75 bits per heavy atom. The maximum Gasteiger partial charge on any atom is 0.526 e. The third kappa shape index (κ3) is 5.34. The van der Waals surface area contributed by atoms with E-state index in [0.29, 0.717) is 0 Å². The number of hydrogen-bond donors (Lipinski definition) is 3. The molecule has 0 spiro atoms. The van der Waals surface area contributed by atoms with Gasteiger partial charge in [0, 0.05) is 0 Å². The SMILES string of the molecule is O=C(O)ONS(=O)O. The Balaban J connectivity index is 3.18. The third-order valence-electron chi connectivity index (χ3n) is 0.200. The average molecular weight is 141 g/mol. The monoisotopic (exact) mass is 141 g/mol. The summed E-state index contributed by atoms with van der Waals surface area (Å²) in [5.74, 6) is 0. The molecule has 0 rings (SSSR count). The van der Waals surface area contributed by atoms with Gasteiger partial charge in [-0.15, -0.1) is 0 Å². The van der Waals surface area contributed by atoms with Gasteiger partial charge in [0.1, 0.15) is 0 Å². The Morgan fingerprint density at radius 3 is 2.38 bits per heavy atom. The molecule has 0 heterocycles. The first-order valence-electron chi connectivity index (χ1n) is 1.39. The molecule has 0 amide bonds. The van der Waals surface area contributed by atoms with E-state index in [0.717, 1.165) is 0 Å². The molecule has 0 aromatic rings. The minimum Gasteiger partial charge on any atom is -0.448 e. The lowest BCUT2D eigenvalue weighted by Gasteiger charge is -1.92. The van der Waals surface area contributed by atoms with E-state index in [1.54, 1.807) is 0 Å². The zero-order valence-corrected chi connectivity index (χ0v) is 4.34. The Morgan fingerprint density at radius 2 is 2.25 bits per heavy atom. The van der Waals surface area contributed by atoms with Gasteiger partial charge in [0.2, 0.25) is 0 Å². The minimum absolute atomic E-state index is 1.27. The molecule has 0 aromatic heterocycles. The normalized spacial score (nSPS) is 12.6. The topological polar surface area (TPSA) is 95.9 Å². The smallest absolute Gasteiger partial charge is 0.448 e. The van der Waals surface area contributed by atoms with Crippen molar-refractivity contribution in [1.82, 2.24) is 4.89 Å². The molecule has 8 heavy (non-hydrogen) atoms. The molecule has 1 atom stereocenters. The van der Waals surface area contributed by atoms with Gasteiger partial charge in [-0.05, 0) is 4.89 Å². The van der Waals surface area contributed by atoms with Crippen LogP contribution in [0.1, 0.15) is 0 Å². The van der Waals surface area contributed by atoms with Crippen molar-refractivity contribution < 1.29 is 23.5 Å². The molecule has 0 aliphatic heterocycles. The Bertz CT molecular complexity index is 97.0. The summed E-state index contributed by atoms with van der Waals surface area (Å²) in [6.07, 6.45) is -1.66. The van der Waals surface area contributed by atoms with E-state index >= 15 is 0 Å². The van der Waals surface area contributed by atoms with Crippen LogP contribution in [-0.2, 0) is 16.1 Å². The lowest BCUT2D eigenvalue weighted by Crippen LogP contribution is -2.19. The van der Waals surface area contributed by atoms with Crippen molar-refractivity contribution in [2.45, 2.75) is 0 Å². The highest BCUT2D eigenvalue weighted by molar-refractivity contribution is 7.76. The second-order valence-corrected chi connectivity index (χ2v) is 1.37. The molecule has 0 aromatic carbocycles. The average Bonchev–Trinajstić information content (AvgIpc) is 1.61. The van der Waals surface area contributed by atoms with Crippen LogP contribution in [0.15, 0.2) is 0 Å². The Hall–Kier alpha value is -0.660. The van der Waals surface area contributed by atoms with Gasteiger partial charge in [0.25, 0.3) is 11.3 Å². The van der Waals surface area contributed by atoms with E-state index in [9.17, 15) is 9.00 Å². The van der Waals surface area contributed by atoms with Gasteiger partial charge in [-0.1, -0.05) is 0 Å². The standard InChI is InChI=1S/CH3NO5S/c3-1(4)7-2-8(5)6/h2H,(H,3,4)(H,5,6). The van der Waals surface area contributed by atoms with E-state index < -0.39 is 17.4 Å². The fraction of sp³-hybridized carbons (Fsp3) is 0. The van der Waals surface area contributed by atoms with Crippen LogP contribution in [0.2, 0.25) is 0 Å². The molecular weight excluding hydrogens is 138 g/mol.